The number of halogens is 2. The summed E-state index contributed by atoms with van der Waals surface area (Å²) in [5, 5.41) is 1.01. The molecule has 0 aliphatic carbocycles. The fraction of sp³-hybridized carbons (Fsp3) is 0.474. The molecule has 2 aliphatic rings. The molecule has 2 aliphatic heterocycles. The maximum Gasteiger partial charge on any atom is 0.139 e. The first kappa shape index (κ1) is 16.3. The second-order valence-electron chi connectivity index (χ2n) is 6.85. The molecule has 3 nitrogen and oxygen atoms in total. The number of benzene rings is 1. The van der Waals surface area contributed by atoms with Crippen LogP contribution in [0.15, 0.2) is 41.0 Å². The summed E-state index contributed by atoms with van der Waals surface area (Å²) in [7, 11) is 2.24. The lowest BCUT2D eigenvalue weighted by Crippen LogP contribution is -2.47. The van der Waals surface area contributed by atoms with Gasteiger partial charge >= 0.3 is 0 Å². The van der Waals surface area contributed by atoms with E-state index in [2.05, 4.69) is 18.0 Å². The van der Waals surface area contributed by atoms with Gasteiger partial charge in [0.1, 0.15) is 16.5 Å². The summed E-state index contributed by atoms with van der Waals surface area (Å²) in [6.07, 6.45) is 5.36. The van der Waals surface area contributed by atoms with Crippen molar-refractivity contribution >= 4 is 23.2 Å². The van der Waals surface area contributed by atoms with E-state index in [9.17, 15) is 0 Å². The molecule has 0 saturated carbocycles. The monoisotopic (exact) mass is 365 g/mol. The highest BCUT2D eigenvalue weighted by Gasteiger charge is 2.47. The minimum Gasteiger partial charge on any atom is -0.492 e. The Bertz CT molecular complexity index is 703. The highest BCUT2D eigenvalue weighted by Crippen LogP contribution is 2.46. The van der Waals surface area contributed by atoms with E-state index in [1.54, 1.807) is 12.3 Å². The van der Waals surface area contributed by atoms with E-state index >= 15 is 0 Å². The van der Waals surface area contributed by atoms with E-state index in [0.717, 1.165) is 12.2 Å². The third-order valence-corrected chi connectivity index (χ3v) is 6.49. The molecular weight excluding hydrogens is 345 g/mol. The van der Waals surface area contributed by atoms with Crippen molar-refractivity contribution in [2.24, 2.45) is 5.92 Å². The van der Waals surface area contributed by atoms with Gasteiger partial charge in [-0.2, -0.15) is 0 Å². The maximum absolute atomic E-state index is 6.27. The number of furan rings is 1. The predicted octanol–water partition coefficient (Wildman–Crippen LogP) is 5.23. The van der Waals surface area contributed by atoms with Crippen molar-refractivity contribution in [3.8, 4) is 5.75 Å². The van der Waals surface area contributed by atoms with Crippen molar-refractivity contribution in [3.63, 3.8) is 0 Å². The number of hydrogen-bond acceptors (Lipinski definition) is 3. The smallest absolute Gasteiger partial charge is 0.139 e. The normalized spacial score (nSPS) is 29.8. The number of nitrogens with zero attached hydrogens (tertiary/aromatic N) is 1. The standard InChI is InChI=1S/C19H21Cl2NO2/c1-22-12-7-8-16(22)14(13(10-12)17-6-3-9-23-17)11-24-18-5-2-4-15(20)19(18)21/h2-6,9,12-14,16H,7-8,10-11H2,1H3/t12?,13-,14+,16?/m0/s1. The average Bonchev–Trinajstić information content (AvgIpc) is 3.17. The molecule has 4 rings (SSSR count). The summed E-state index contributed by atoms with van der Waals surface area (Å²) >= 11 is 12.4. The molecule has 2 saturated heterocycles. The number of hydrogen-bond donors (Lipinski definition) is 0. The molecule has 2 fully saturated rings. The third kappa shape index (κ3) is 2.83. The summed E-state index contributed by atoms with van der Waals surface area (Å²) in [6, 6.07) is 10.8. The molecule has 0 spiro atoms. The largest absolute Gasteiger partial charge is 0.492 e. The second kappa shape index (κ2) is 6.62. The van der Waals surface area contributed by atoms with Crippen molar-refractivity contribution in [3.05, 3.63) is 52.4 Å². The number of ether oxygens (including phenoxy) is 1. The lowest BCUT2D eigenvalue weighted by atomic mass is 9.79. The van der Waals surface area contributed by atoms with Gasteiger partial charge in [-0.25, -0.2) is 0 Å². The van der Waals surface area contributed by atoms with Crippen LogP contribution in [0.3, 0.4) is 0 Å². The van der Waals surface area contributed by atoms with E-state index < -0.39 is 0 Å². The van der Waals surface area contributed by atoms with E-state index in [4.69, 9.17) is 32.4 Å². The Hall–Kier alpha value is -1.16. The fourth-order valence-corrected chi connectivity index (χ4v) is 4.76. The molecule has 5 heteroatoms. The van der Waals surface area contributed by atoms with Gasteiger partial charge in [0.2, 0.25) is 0 Å². The molecule has 4 atom stereocenters. The van der Waals surface area contributed by atoms with Gasteiger partial charge < -0.3 is 14.1 Å². The van der Waals surface area contributed by atoms with E-state index in [-0.39, 0.29) is 0 Å². The van der Waals surface area contributed by atoms with Crippen LogP contribution in [-0.4, -0.2) is 30.6 Å². The van der Waals surface area contributed by atoms with Gasteiger partial charge in [0.15, 0.2) is 0 Å². The molecule has 1 aromatic carbocycles. The highest BCUT2D eigenvalue weighted by molar-refractivity contribution is 6.42. The summed E-state index contributed by atoms with van der Waals surface area (Å²) in [6.45, 7) is 0.618. The van der Waals surface area contributed by atoms with Gasteiger partial charge in [0.25, 0.3) is 0 Å². The quantitative estimate of drug-likeness (QED) is 0.741. The molecule has 0 N–H and O–H groups in total. The Balaban J connectivity index is 1.57. The van der Waals surface area contributed by atoms with Crippen molar-refractivity contribution < 1.29 is 9.15 Å². The van der Waals surface area contributed by atoms with Gasteiger partial charge in [-0.3, -0.25) is 0 Å². The maximum atomic E-state index is 6.27. The lowest BCUT2D eigenvalue weighted by molar-refractivity contribution is 0.0596. The van der Waals surface area contributed by atoms with Gasteiger partial charge in [-0.05, 0) is 50.6 Å². The number of rotatable bonds is 4. The second-order valence-corrected chi connectivity index (χ2v) is 7.63. The van der Waals surface area contributed by atoms with Crippen LogP contribution in [0.2, 0.25) is 10.0 Å². The van der Waals surface area contributed by atoms with Crippen LogP contribution in [0, 0.1) is 5.92 Å². The Morgan fingerprint density at radius 2 is 2.08 bits per heavy atom. The Morgan fingerprint density at radius 3 is 2.88 bits per heavy atom. The van der Waals surface area contributed by atoms with Crippen LogP contribution < -0.4 is 4.74 Å². The average molecular weight is 366 g/mol. The van der Waals surface area contributed by atoms with Gasteiger partial charge in [-0.1, -0.05) is 29.3 Å². The number of piperidine rings is 1. The topological polar surface area (TPSA) is 25.6 Å². The van der Waals surface area contributed by atoms with Crippen molar-refractivity contribution in [2.75, 3.05) is 13.7 Å². The molecule has 128 valence electrons. The summed E-state index contributed by atoms with van der Waals surface area (Å²) in [5.74, 6) is 2.51. The molecule has 2 aromatic rings. The van der Waals surface area contributed by atoms with Crippen LogP contribution in [0.25, 0.3) is 0 Å². The van der Waals surface area contributed by atoms with Crippen molar-refractivity contribution in [1.29, 1.82) is 0 Å². The Morgan fingerprint density at radius 1 is 1.21 bits per heavy atom. The fourth-order valence-electron chi connectivity index (χ4n) is 4.42. The van der Waals surface area contributed by atoms with E-state index in [0.29, 0.717) is 46.3 Å². The third-order valence-electron chi connectivity index (χ3n) is 5.69. The SMILES string of the molecule is CN1C2CCC1[C@H](COc1cccc(Cl)c1Cl)[C@@H](c1ccco1)C2. The zero-order valence-corrected chi connectivity index (χ0v) is 15.1. The van der Waals surface area contributed by atoms with Gasteiger partial charge in [-0.15, -0.1) is 0 Å². The molecule has 0 radical (unpaired) electrons. The van der Waals surface area contributed by atoms with Crippen LogP contribution in [0.1, 0.15) is 30.9 Å². The predicted molar refractivity (Wildman–Crippen MR) is 96.1 cm³/mol. The summed E-state index contributed by atoms with van der Waals surface area (Å²) in [5.41, 5.74) is 0. The van der Waals surface area contributed by atoms with Crippen LogP contribution in [0.4, 0.5) is 0 Å². The van der Waals surface area contributed by atoms with Crippen LogP contribution in [-0.2, 0) is 0 Å². The molecule has 3 heterocycles. The summed E-state index contributed by atoms with van der Waals surface area (Å²) < 4.78 is 11.8. The summed E-state index contributed by atoms with van der Waals surface area (Å²) in [4.78, 5) is 2.52. The molecule has 1 aromatic heterocycles. The van der Waals surface area contributed by atoms with Crippen LogP contribution in [0.5, 0.6) is 5.75 Å². The van der Waals surface area contributed by atoms with E-state index in [1.807, 2.05) is 18.2 Å². The molecule has 2 unspecified atom stereocenters. The van der Waals surface area contributed by atoms with Crippen molar-refractivity contribution in [2.45, 2.75) is 37.3 Å². The zero-order valence-electron chi connectivity index (χ0n) is 13.6. The minimum absolute atomic E-state index is 0.384. The zero-order chi connectivity index (χ0) is 16.7. The molecule has 24 heavy (non-hydrogen) atoms. The molecule has 2 bridgehead atoms. The Labute approximate surface area is 152 Å². The first-order valence-corrected chi connectivity index (χ1v) is 9.23. The highest BCUT2D eigenvalue weighted by atomic mass is 35.5. The Kier molecular flexibility index (Phi) is 4.50. The van der Waals surface area contributed by atoms with Gasteiger partial charge in [0, 0.05) is 23.9 Å². The minimum atomic E-state index is 0.384. The molecular formula is C19H21Cl2NO2. The first-order valence-electron chi connectivity index (χ1n) is 8.47. The number of fused-ring (bicyclic) bond motifs is 2. The van der Waals surface area contributed by atoms with Crippen molar-refractivity contribution in [1.82, 2.24) is 4.90 Å². The lowest BCUT2D eigenvalue weighted by Gasteiger charge is -2.42. The van der Waals surface area contributed by atoms with E-state index in [1.165, 1.54) is 12.8 Å². The van der Waals surface area contributed by atoms with Crippen LogP contribution >= 0.6 is 23.2 Å². The first-order chi connectivity index (χ1) is 11.6. The molecule has 0 amide bonds. The van der Waals surface area contributed by atoms with Gasteiger partial charge in [0.05, 0.1) is 17.9 Å².